The predicted octanol–water partition coefficient (Wildman–Crippen LogP) is 5.34. The van der Waals surface area contributed by atoms with Crippen molar-refractivity contribution >= 4 is 40.6 Å². The molecule has 224 valence electrons. The van der Waals surface area contributed by atoms with Crippen LogP contribution < -0.4 is 14.8 Å². The first-order valence-corrected chi connectivity index (χ1v) is 15.5. The molecule has 3 aromatic heterocycles. The average Bonchev–Trinajstić information content (AvgIpc) is 3.89. The highest BCUT2D eigenvalue weighted by atomic mass is 32.2. The minimum atomic E-state index is -0.385. The summed E-state index contributed by atoms with van der Waals surface area (Å²) in [6, 6.07) is 22.0. The maximum Gasteiger partial charge on any atom is 0.287 e. The summed E-state index contributed by atoms with van der Waals surface area (Å²) < 4.78 is 18.3. The second-order valence-electron chi connectivity index (χ2n) is 9.58. The lowest BCUT2D eigenvalue weighted by Gasteiger charge is -2.24. The molecule has 6 rings (SSSR count). The molecule has 2 amide bonds. The van der Waals surface area contributed by atoms with Crippen LogP contribution in [0.3, 0.4) is 0 Å². The van der Waals surface area contributed by atoms with E-state index in [1.807, 2.05) is 70.6 Å². The van der Waals surface area contributed by atoms with Gasteiger partial charge in [0.2, 0.25) is 0 Å². The number of nitrogens with zero attached hydrogens (tertiary/aromatic N) is 5. The third-order valence-electron chi connectivity index (χ3n) is 6.96. The third-order valence-corrected chi connectivity index (χ3v) is 8.79. The summed E-state index contributed by atoms with van der Waals surface area (Å²) in [5.41, 5.74) is 2.44. The number of hydrazone groups is 1. The van der Waals surface area contributed by atoms with Crippen molar-refractivity contribution in [2.75, 3.05) is 20.0 Å². The van der Waals surface area contributed by atoms with Gasteiger partial charge in [0, 0.05) is 17.7 Å². The third kappa shape index (κ3) is 5.96. The molecule has 0 bridgehead atoms. The van der Waals surface area contributed by atoms with E-state index in [9.17, 15) is 9.59 Å². The lowest BCUT2D eigenvalue weighted by molar-refractivity contribution is -0.130. The van der Waals surface area contributed by atoms with Crippen LogP contribution >= 0.6 is 23.1 Å². The van der Waals surface area contributed by atoms with E-state index in [1.165, 1.54) is 23.0 Å². The summed E-state index contributed by atoms with van der Waals surface area (Å²) in [7, 11) is 3.17. The molecule has 1 aliphatic heterocycles. The van der Waals surface area contributed by atoms with Gasteiger partial charge in [-0.05, 0) is 41.8 Å². The van der Waals surface area contributed by atoms with E-state index >= 15 is 0 Å². The number of hydrogen-bond acceptors (Lipinski definition) is 10. The molecule has 1 unspecified atom stereocenters. The monoisotopic (exact) mass is 628 g/mol. The molecular weight excluding hydrogens is 601 g/mol. The number of carbonyl (C=O) groups is 2. The van der Waals surface area contributed by atoms with Gasteiger partial charge in [-0.2, -0.15) is 5.10 Å². The minimum Gasteiger partial charge on any atom is -0.493 e. The summed E-state index contributed by atoms with van der Waals surface area (Å²) >= 11 is 2.83. The van der Waals surface area contributed by atoms with Crippen LogP contribution in [0.2, 0.25) is 0 Å². The van der Waals surface area contributed by atoms with Crippen molar-refractivity contribution in [2.24, 2.45) is 5.10 Å². The van der Waals surface area contributed by atoms with Gasteiger partial charge in [-0.3, -0.25) is 14.2 Å². The number of aromatic nitrogens is 3. The number of hydrogen-bond donors (Lipinski definition) is 1. The molecule has 0 aliphatic carbocycles. The van der Waals surface area contributed by atoms with Crippen molar-refractivity contribution < 1.29 is 23.5 Å². The van der Waals surface area contributed by atoms with Crippen LogP contribution in [0.15, 0.2) is 99.1 Å². The van der Waals surface area contributed by atoms with E-state index in [0.717, 1.165) is 21.8 Å². The number of thiophene rings is 1. The number of furan rings is 1. The number of nitrogens with one attached hydrogen (secondary N) is 1. The molecule has 0 saturated carbocycles. The SMILES string of the molecule is COc1cccc(C2CC(c3cccs3)=NN2C(=O)CSc2nnc(CNC(=O)c3ccco3)n2-c2ccccc2)c1OC. The molecule has 0 spiro atoms. The van der Waals surface area contributed by atoms with Crippen molar-refractivity contribution in [2.45, 2.75) is 24.2 Å². The van der Waals surface area contributed by atoms with Gasteiger partial charge in [-0.15, -0.1) is 21.5 Å². The maximum atomic E-state index is 13.9. The molecule has 1 N–H and O–H groups in total. The lowest BCUT2D eigenvalue weighted by Crippen LogP contribution is -2.29. The average molecular weight is 629 g/mol. The fourth-order valence-corrected chi connectivity index (χ4v) is 6.48. The number of ether oxygens (including phenoxy) is 2. The van der Waals surface area contributed by atoms with E-state index < -0.39 is 0 Å². The molecule has 1 atom stereocenters. The Hall–Kier alpha value is -4.88. The molecule has 5 aromatic rings. The summed E-state index contributed by atoms with van der Waals surface area (Å²) in [5.74, 6) is 1.34. The van der Waals surface area contributed by atoms with Crippen LogP contribution in [0.5, 0.6) is 11.5 Å². The molecule has 44 heavy (non-hydrogen) atoms. The molecule has 11 nitrogen and oxygen atoms in total. The largest absolute Gasteiger partial charge is 0.493 e. The molecule has 4 heterocycles. The van der Waals surface area contributed by atoms with Crippen molar-refractivity contribution in [3.63, 3.8) is 0 Å². The predicted molar refractivity (Wildman–Crippen MR) is 167 cm³/mol. The van der Waals surface area contributed by atoms with Crippen LogP contribution in [0, 0.1) is 0 Å². The zero-order valence-corrected chi connectivity index (χ0v) is 25.5. The van der Waals surface area contributed by atoms with E-state index in [4.69, 9.17) is 19.0 Å². The second-order valence-corrected chi connectivity index (χ2v) is 11.5. The fourth-order valence-electron chi connectivity index (χ4n) is 4.94. The van der Waals surface area contributed by atoms with Gasteiger partial charge in [0.25, 0.3) is 11.8 Å². The maximum absolute atomic E-state index is 13.9. The van der Waals surface area contributed by atoms with Crippen molar-refractivity contribution in [3.05, 3.63) is 106 Å². The Labute approximate surface area is 261 Å². The van der Waals surface area contributed by atoms with Gasteiger partial charge < -0.3 is 19.2 Å². The zero-order valence-electron chi connectivity index (χ0n) is 23.9. The Bertz CT molecular complexity index is 1770. The zero-order chi connectivity index (χ0) is 30.5. The first kappa shape index (κ1) is 29.2. The number of rotatable bonds is 11. The Balaban J connectivity index is 1.26. The van der Waals surface area contributed by atoms with Crippen LogP contribution in [0.1, 0.15) is 39.3 Å². The molecule has 1 aliphatic rings. The number of methoxy groups -OCH3 is 2. The highest BCUT2D eigenvalue weighted by molar-refractivity contribution is 7.99. The minimum absolute atomic E-state index is 0.0493. The summed E-state index contributed by atoms with van der Waals surface area (Å²) in [5, 5.41) is 20.3. The lowest BCUT2D eigenvalue weighted by atomic mass is 9.99. The normalized spacial score (nSPS) is 14.4. The molecule has 0 fully saturated rings. The summed E-state index contributed by atoms with van der Waals surface area (Å²) in [4.78, 5) is 27.4. The van der Waals surface area contributed by atoms with Gasteiger partial charge in [0.1, 0.15) is 0 Å². The van der Waals surface area contributed by atoms with E-state index in [2.05, 4.69) is 15.5 Å². The number of benzene rings is 2. The molecule has 0 radical (unpaired) electrons. The summed E-state index contributed by atoms with van der Waals surface area (Å²) in [6.07, 6.45) is 1.97. The Morgan fingerprint density at radius 1 is 1.02 bits per heavy atom. The Morgan fingerprint density at radius 2 is 1.89 bits per heavy atom. The molecule has 13 heteroatoms. The van der Waals surface area contributed by atoms with E-state index in [-0.39, 0.29) is 35.9 Å². The van der Waals surface area contributed by atoms with Crippen LogP contribution in [-0.4, -0.2) is 57.3 Å². The van der Waals surface area contributed by atoms with Crippen LogP contribution in [-0.2, 0) is 11.3 Å². The number of carbonyl (C=O) groups excluding carboxylic acids is 2. The van der Waals surface area contributed by atoms with Crippen molar-refractivity contribution in [1.29, 1.82) is 0 Å². The van der Waals surface area contributed by atoms with Crippen molar-refractivity contribution in [3.8, 4) is 17.2 Å². The molecular formula is C31H28N6O5S2. The first-order valence-electron chi connectivity index (χ1n) is 13.7. The van der Waals surface area contributed by atoms with Crippen LogP contribution in [0.4, 0.5) is 0 Å². The summed E-state index contributed by atoms with van der Waals surface area (Å²) in [6.45, 7) is 0.105. The highest BCUT2D eigenvalue weighted by Crippen LogP contribution is 2.42. The first-order chi connectivity index (χ1) is 21.6. The van der Waals surface area contributed by atoms with Crippen LogP contribution in [0.25, 0.3) is 5.69 Å². The van der Waals surface area contributed by atoms with Gasteiger partial charge in [0.05, 0.1) is 49.4 Å². The topological polar surface area (TPSA) is 124 Å². The second kappa shape index (κ2) is 13.2. The molecule has 2 aromatic carbocycles. The number of thioether (sulfide) groups is 1. The van der Waals surface area contributed by atoms with E-state index in [1.54, 1.807) is 37.7 Å². The Morgan fingerprint density at radius 3 is 2.61 bits per heavy atom. The quantitative estimate of drug-likeness (QED) is 0.195. The van der Waals surface area contributed by atoms with Gasteiger partial charge in [-0.1, -0.05) is 48.2 Å². The van der Waals surface area contributed by atoms with Gasteiger partial charge in [-0.25, -0.2) is 5.01 Å². The number of amides is 2. The van der Waals surface area contributed by atoms with Gasteiger partial charge in [0.15, 0.2) is 28.2 Å². The number of para-hydroxylation sites is 2. The van der Waals surface area contributed by atoms with Gasteiger partial charge >= 0.3 is 0 Å². The smallest absolute Gasteiger partial charge is 0.287 e. The van der Waals surface area contributed by atoms with Crippen molar-refractivity contribution in [1.82, 2.24) is 25.1 Å². The molecule has 0 saturated heterocycles. The Kier molecular flexibility index (Phi) is 8.75. The fraction of sp³-hybridized carbons (Fsp3) is 0.194. The highest BCUT2D eigenvalue weighted by Gasteiger charge is 2.36. The van der Waals surface area contributed by atoms with E-state index in [0.29, 0.717) is 28.9 Å². The standard InChI is InChI=1S/C31H28N6O5S2/c1-40-24-12-6-11-21(29(24)41-2)23-17-22(26-14-8-16-43-26)35-37(23)28(38)19-44-31-34-33-27(36(31)20-9-4-3-5-10-20)18-32-30(39)25-13-7-15-42-25/h3-16,23H,17-19H2,1-2H3,(H,32,39).